The number of halogens is 3. The number of aromatic amines is 1. The van der Waals surface area contributed by atoms with Crippen molar-refractivity contribution in [1.29, 1.82) is 0 Å². The number of alkyl halides is 3. The Kier molecular flexibility index (Phi) is 3.69. The van der Waals surface area contributed by atoms with Crippen molar-refractivity contribution in [1.82, 2.24) is 9.97 Å². The van der Waals surface area contributed by atoms with Crippen LogP contribution in [-0.2, 0) is 10.9 Å². The number of nitrogens with one attached hydrogen (secondary N) is 1. The summed E-state index contributed by atoms with van der Waals surface area (Å²) in [5.41, 5.74) is 5.77. The third-order valence-electron chi connectivity index (χ3n) is 3.56. The third kappa shape index (κ3) is 2.87. The molecule has 0 saturated carbocycles. The molecule has 8 heteroatoms. The molecule has 0 bridgehead atoms. The summed E-state index contributed by atoms with van der Waals surface area (Å²) < 4.78 is 44.7. The predicted molar refractivity (Wildman–Crippen MR) is 76.5 cm³/mol. The Morgan fingerprint density at radius 3 is 2.64 bits per heavy atom. The Labute approximate surface area is 124 Å². The summed E-state index contributed by atoms with van der Waals surface area (Å²) in [6.07, 6.45) is -1.65. The van der Waals surface area contributed by atoms with E-state index in [2.05, 4.69) is 14.9 Å². The summed E-state index contributed by atoms with van der Waals surface area (Å²) in [5, 5.41) is 0. The first-order chi connectivity index (χ1) is 10.4. The second-order valence-corrected chi connectivity index (χ2v) is 5.02. The molecule has 3 heterocycles. The van der Waals surface area contributed by atoms with Crippen LogP contribution >= 0.6 is 0 Å². The van der Waals surface area contributed by atoms with Crippen LogP contribution in [0.3, 0.4) is 0 Å². The van der Waals surface area contributed by atoms with E-state index in [0.29, 0.717) is 32.0 Å². The molecule has 0 amide bonds. The van der Waals surface area contributed by atoms with Crippen LogP contribution in [0.1, 0.15) is 5.56 Å². The quantitative estimate of drug-likeness (QED) is 0.894. The molecule has 1 aliphatic heterocycles. The summed E-state index contributed by atoms with van der Waals surface area (Å²) >= 11 is 0. The fourth-order valence-electron chi connectivity index (χ4n) is 2.46. The second kappa shape index (κ2) is 5.53. The van der Waals surface area contributed by atoms with Crippen molar-refractivity contribution in [2.24, 2.45) is 0 Å². The van der Waals surface area contributed by atoms with Gasteiger partial charge in [-0.2, -0.15) is 13.2 Å². The van der Waals surface area contributed by atoms with Crippen LogP contribution in [0.2, 0.25) is 0 Å². The zero-order chi connectivity index (χ0) is 15.7. The molecule has 2 aromatic rings. The summed E-state index contributed by atoms with van der Waals surface area (Å²) in [6, 6.07) is 2.54. The molecular formula is C14H15F3N4O. The van der Waals surface area contributed by atoms with Crippen molar-refractivity contribution in [2.75, 3.05) is 36.9 Å². The van der Waals surface area contributed by atoms with E-state index in [1.165, 1.54) is 0 Å². The lowest BCUT2D eigenvalue weighted by atomic mass is 10.1. The Morgan fingerprint density at radius 2 is 1.95 bits per heavy atom. The van der Waals surface area contributed by atoms with Crippen LogP contribution in [0.4, 0.5) is 24.7 Å². The van der Waals surface area contributed by atoms with E-state index >= 15 is 0 Å². The lowest BCUT2D eigenvalue weighted by Gasteiger charge is -2.27. The highest BCUT2D eigenvalue weighted by atomic mass is 19.4. The first kappa shape index (κ1) is 14.7. The molecule has 1 saturated heterocycles. The molecule has 0 atom stereocenters. The van der Waals surface area contributed by atoms with Gasteiger partial charge in [0.15, 0.2) is 0 Å². The highest BCUT2D eigenvalue weighted by molar-refractivity contribution is 5.70. The fraction of sp³-hybridized carbons (Fsp3) is 0.357. The van der Waals surface area contributed by atoms with Crippen LogP contribution in [0.15, 0.2) is 24.5 Å². The van der Waals surface area contributed by atoms with E-state index in [1.54, 1.807) is 12.3 Å². The van der Waals surface area contributed by atoms with E-state index in [9.17, 15) is 13.2 Å². The average Bonchev–Trinajstić information content (AvgIpc) is 2.97. The maximum atomic E-state index is 13.2. The number of nitrogens with two attached hydrogens (primary N) is 1. The van der Waals surface area contributed by atoms with Crippen molar-refractivity contribution in [2.45, 2.75) is 6.18 Å². The Hall–Kier alpha value is -2.22. The third-order valence-corrected chi connectivity index (χ3v) is 3.56. The van der Waals surface area contributed by atoms with Gasteiger partial charge in [-0.25, -0.2) is 4.98 Å². The van der Waals surface area contributed by atoms with Crippen molar-refractivity contribution < 1.29 is 17.9 Å². The van der Waals surface area contributed by atoms with Crippen LogP contribution in [0.5, 0.6) is 0 Å². The number of H-pyrrole nitrogens is 1. The number of aromatic nitrogens is 2. The van der Waals surface area contributed by atoms with Crippen LogP contribution in [0, 0.1) is 0 Å². The summed E-state index contributed by atoms with van der Waals surface area (Å²) in [4.78, 5) is 8.72. The number of pyridine rings is 1. The number of morpholine rings is 1. The number of hydrogen-bond donors (Lipinski definition) is 2. The summed E-state index contributed by atoms with van der Waals surface area (Å²) in [6.45, 7) is 2.64. The molecule has 22 heavy (non-hydrogen) atoms. The molecule has 1 fully saturated rings. The van der Waals surface area contributed by atoms with Gasteiger partial charge in [0.25, 0.3) is 0 Å². The van der Waals surface area contributed by atoms with Crippen LogP contribution in [-0.4, -0.2) is 36.3 Å². The monoisotopic (exact) mass is 312 g/mol. The molecule has 0 radical (unpaired) electrons. The zero-order valence-electron chi connectivity index (χ0n) is 11.7. The first-order valence-electron chi connectivity index (χ1n) is 6.79. The van der Waals surface area contributed by atoms with Gasteiger partial charge in [-0.05, 0) is 12.1 Å². The Morgan fingerprint density at radius 1 is 1.23 bits per heavy atom. The molecule has 1 aliphatic rings. The van der Waals surface area contributed by atoms with E-state index in [0.717, 1.165) is 18.0 Å². The second-order valence-electron chi connectivity index (χ2n) is 5.02. The zero-order valence-corrected chi connectivity index (χ0v) is 11.7. The highest BCUT2D eigenvalue weighted by Crippen LogP contribution is 2.38. The minimum Gasteiger partial charge on any atom is -0.384 e. The standard InChI is InChI=1S/C14H15F3N4O/c15-14(16,17)11-6-13(18)20-8-10(11)12-5-9(7-19-12)21-1-3-22-4-2-21/h5-8,19H,1-4H2,(H2,18,20). The van der Waals surface area contributed by atoms with Crippen LogP contribution in [0.25, 0.3) is 11.3 Å². The predicted octanol–water partition coefficient (Wildman–Crippen LogP) is 2.51. The molecule has 3 N–H and O–H groups in total. The van der Waals surface area contributed by atoms with E-state index in [-0.39, 0.29) is 11.4 Å². The van der Waals surface area contributed by atoms with Gasteiger partial charge < -0.3 is 20.4 Å². The van der Waals surface area contributed by atoms with E-state index in [4.69, 9.17) is 10.5 Å². The van der Waals surface area contributed by atoms with Gasteiger partial charge in [0, 0.05) is 36.7 Å². The molecular weight excluding hydrogens is 297 g/mol. The normalized spacial score (nSPS) is 16.0. The van der Waals surface area contributed by atoms with Crippen molar-refractivity contribution in [3.05, 3.63) is 30.1 Å². The Balaban J connectivity index is 1.96. The minimum absolute atomic E-state index is 0.0128. The largest absolute Gasteiger partial charge is 0.417 e. The van der Waals surface area contributed by atoms with Gasteiger partial charge in [-0.3, -0.25) is 0 Å². The van der Waals surface area contributed by atoms with Gasteiger partial charge >= 0.3 is 6.18 Å². The van der Waals surface area contributed by atoms with E-state index in [1.807, 2.05) is 0 Å². The number of rotatable bonds is 2. The van der Waals surface area contributed by atoms with Gasteiger partial charge in [-0.1, -0.05) is 0 Å². The van der Waals surface area contributed by atoms with Gasteiger partial charge in [0.05, 0.1) is 24.5 Å². The van der Waals surface area contributed by atoms with Gasteiger partial charge in [0.2, 0.25) is 0 Å². The lowest BCUT2D eigenvalue weighted by molar-refractivity contribution is -0.137. The fourth-order valence-corrected chi connectivity index (χ4v) is 2.46. The SMILES string of the molecule is Nc1cc(C(F)(F)F)c(-c2cc(N3CCOCC3)c[nH]2)cn1. The molecule has 118 valence electrons. The topological polar surface area (TPSA) is 67.2 Å². The average molecular weight is 312 g/mol. The number of ether oxygens (including phenoxy) is 1. The summed E-state index contributed by atoms with van der Waals surface area (Å²) in [7, 11) is 0. The first-order valence-corrected chi connectivity index (χ1v) is 6.79. The van der Waals surface area contributed by atoms with Gasteiger partial charge in [-0.15, -0.1) is 0 Å². The van der Waals surface area contributed by atoms with Crippen molar-refractivity contribution in [3.8, 4) is 11.3 Å². The van der Waals surface area contributed by atoms with Crippen LogP contribution < -0.4 is 10.6 Å². The Bertz CT molecular complexity index is 662. The van der Waals surface area contributed by atoms with Crippen molar-refractivity contribution >= 4 is 11.5 Å². The molecule has 0 spiro atoms. The number of nitrogen functional groups attached to an aromatic ring is 1. The molecule has 0 unspecified atom stereocenters. The highest BCUT2D eigenvalue weighted by Gasteiger charge is 2.34. The molecule has 2 aromatic heterocycles. The smallest absolute Gasteiger partial charge is 0.384 e. The lowest BCUT2D eigenvalue weighted by Crippen LogP contribution is -2.35. The maximum Gasteiger partial charge on any atom is 0.417 e. The number of anilines is 2. The van der Waals surface area contributed by atoms with Gasteiger partial charge in [0.1, 0.15) is 5.82 Å². The molecule has 0 aromatic carbocycles. The maximum absolute atomic E-state index is 13.2. The minimum atomic E-state index is -4.49. The number of nitrogens with zero attached hydrogens (tertiary/aromatic N) is 2. The molecule has 0 aliphatic carbocycles. The van der Waals surface area contributed by atoms with E-state index < -0.39 is 11.7 Å². The number of hydrogen-bond acceptors (Lipinski definition) is 4. The van der Waals surface area contributed by atoms with Crippen molar-refractivity contribution in [3.63, 3.8) is 0 Å². The molecule has 3 rings (SSSR count). The molecule has 5 nitrogen and oxygen atoms in total. The summed E-state index contributed by atoms with van der Waals surface area (Å²) in [5.74, 6) is -0.156.